The molecule has 0 bridgehead atoms. The number of halogens is 1. The fraction of sp³-hybridized carbons (Fsp3) is 0.310. The number of hydrogen-bond donors (Lipinski definition) is 2. The second kappa shape index (κ2) is 11.7. The molecule has 3 aromatic carbocycles. The van der Waals surface area contributed by atoms with Gasteiger partial charge in [-0.2, -0.15) is 0 Å². The summed E-state index contributed by atoms with van der Waals surface area (Å²) in [6, 6.07) is 21.7. The van der Waals surface area contributed by atoms with Crippen molar-refractivity contribution in [2.45, 2.75) is 31.5 Å². The first kappa shape index (κ1) is 25.9. The molecule has 0 fully saturated rings. The van der Waals surface area contributed by atoms with Crippen LogP contribution in [0.2, 0.25) is 5.02 Å². The van der Waals surface area contributed by atoms with E-state index in [1.165, 1.54) is 0 Å². The van der Waals surface area contributed by atoms with Gasteiger partial charge in [-0.15, -0.1) is 0 Å². The third-order valence-electron chi connectivity index (χ3n) is 6.60. The van der Waals surface area contributed by atoms with Crippen LogP contribution in [0.1, 0.15) is 51.0 Å². The first-order valence-corrected chi connectivity index (χ1v) is 12.5. The molecule has 1 aliphatic rings. The van der Waals surface area contributed by atoms with Gasteiger partial charge in [0.1, 0.15) is 0 Å². The fourth-order valence-electron chi connectivity index (χ4n) is 4.77. The molecule has 4 rings (SSSR count). The van der Waals surface area contributed by atoms with Crippen LogP contribution in [-0.4, -0.2) is 53.9 Å². The Labute approximate surface area is 217 Å². The maximum atomic E-state index is 13.8. The highest BCUT2D eigenvalue weighted by molar-refractivity contribution is 6.31. The predicted molar refractivity (Wildman–Crippen MR) is 142 cm³/mol. The molecule has 1 heterocycles. The van der Waals surface area contributed by atoms with Gasteiger partial charge in [-0.3, -0.25) is 9.59 Å². The lowest BCUT2D eigenvalue weighted by Gasteiger charge is -2.42. The summed E-state index contributed by atoms with van der Waals surface area (Å²) in [6.07, 6.45) is 0.825. The first-order valence-electron chi connectivity index (χ1n) is 12.2. The minimum absolute atomic E-state index is 0.0775. The quantitative estimate of drug-likeness (QED) is 0.423. The standard InChI is InChI=1S/C29H32ClN3O3/c1-32(2)17-7-16-31-28(35)26-23-9-4-5-10-24(23)29(36)33(18-22-8-3-6-11-25(22)30)27(26)21-14-12-20(19-34)13-15-21/h3-6,8-15,26-27,34H,7,16-19H2,1-2H3,(H,31,35)/t26-,27+/m1/s1. The van der Waals surface area contributed by atoms with Crippen molar-refractivity contribution in [1.82, 2.24) is 15.1 Å². The van der Waals surface area contributed by atoms with Gasteiger partial charge in [0.25, 0.3) is 5.91 Å². The number of nitrogens with one attached hydrogen (secondary N) is 1. The molecule has 3 aromatic rings. The van der Waals surface area contributed by atoms with Crippen molar-refractivity contribution in [3.05, 3.63) is 106 Å². The first-order chi connectivity index (χ1) is 17.4. The Balaban J connectivity index is 1.78. The maximum absolute atomic E-state index is 13.8. The summed E-state index contributed by atoms with van der Waals surface area (Å²) in [7, 11) is 4.01. The third-order valence-corrected chi connectivity index (χ3v) is 6.97. The van der Waals surface area contributed by atoms with E-state index in [9.17, 15) is 14.7 Å². The van der Waals surface area contributed by atoms with Crippen LogP contribution in [0.15, 0.2) is 72.8 Å². The molecule has 188 valence electrons. The minimum Gasteiger partial charge on any atom is -0.392 e. The van der Waals surface area contributed by atoms with Crippen LogP contribution in [0.4, 0.5) is 0 Å². The summed E-state index contributed by atoms with van der Waals surface area (Å²) in [6.45, 7) is 1.60. The van der Waals surface area contributed by atoms with Gasteiger partial charge in [-0.05, 0) is 61.4 Å². The molecule has 0 radical (unpaired) electrons. The van der Waals surface area contributed by atoms with Gasteiger partial charge >= 0.3 is 0 Å². The second-order valence-corrected chi connectivity index (χ2v) is 9.79. The van der Waals surface area contributed by atoms with Gasteiger partial charge in [-0.1, -0.05) is 72.3 Å². The molecule has 0 aromatic heterocycles. The molecule has 6 nitrogen and oxygen atoms in total. The van der Waals surface area contributed by atoms with Crippen molar-refractivity contribution >= 4 is 23.4 Å². The van der Waals surface area contributed by atoms with E-state index in [0.29, 0.717) is 17.1 Å². The Kier molecular flexibility index (Phi) is 8.41. The van der Waals surface area contributed by atoms with Crippen LogP contribution < -0.4 is 5.32 Å². The van der Waals surface area contributed by atoms with Crippen molar-refractivity contribution in [3.8, 4) is 0 Å². The molecule has 36 heavy (non-hydrogen) atoms. The van der Waals surface area contributed by atoms with Crippen LogP contribution in [0, 0.1) is 0 Å². The summed E-state index contributed by atoms with van der Waals surface area (Å²) in [5.74, 6) is -0.853. The zero-order valence-corrected chi connectivity index (χ0v) is 21.4. The Bertz CT molecular complexity index is 1210. The number of aliphatic hydroxyl groups is 1. The van der Waals surface area contributed by atoms with Gasteiger partial charge in [0, 0.05) is 23.7 Å². The zero-order chi connectivity index (χ0) is 25.7. The van der Waals surface area contributed by atoms with Crippen LogP contribution in [0.3, 0.4) is 0 Å². The highest BCUT2D eigenvalue weighted by atomic mass is 35.5. The molecule has 7 heteroatoms. The molecule has 0 aliphatic carbocycles. The number of benzene rings is 3. The van der Waals surface area contributed by atoms with Gasteiger partial charge in [0.15, 0.2) is 0 Å². The van der Waals surface area contributed by atoms with E-state index in [0.717, 1.165) is 35.2 Å². The number of nitrogens with zero attached hydrogens (tertiary/aromatic N) is 2. The van der Waals surface area contributed by atoms with Crippen molar-refractivity contribution in [3.63, 3.8) is 0 Å². The monoisotopic (exact) mass is 505 g/mol. The fourth-order valence-corrected chi connectivity index (χ4v) is 4.96. The highest BCUT2D eigenvalue weighted by Crippen LogP contribution is 2.44. The van der Waals surface area contributed by atoms with E-state index in [2.05, 4.69) is 10.2 Å². The van der Waals surface area contributed by atoms with Crippen molar-refractivity contribution in [2.24, 2.45) is 0 Å². The molecule has 0 saturated carbocycles. The summed E-state index contributed by atoms with van der Waals surface area (Å²) in [5.41, 5.74) is 3.66. The lowest BCUT2D eigenvalue weighted by Crippen LogP contribution is -2.47. The van der Waals surface area contributed by atoms with E-state index in [-0.39, 0.29) is 25.0 Å². The SMILES string of the molecule is CN(C)CCCNC(=O)[C@@H]1c2ccccc2C(=O)N(Cc2ccccc2Cl)[C@H]1c1ccc(CO)cc1. The number of aliphatic hydroxyl groups excluding tert-OH is 1. The lowest BCUT2D eigenvalue weighted by molar-refractivity contribution is -0.124. The Hall–Kier alpha value is -3.19. The molecule has 0 unspecified atom stereocenters. The largest absolute Gasteiger partial charge is 0.392 e. The van der Waals surface area contributed by atoms with Crippen LogP contribution in [0.25, 0.3) is 0 Å². The van der Waals surface area contributed by atoms with Crippen LogP contribution in [-0.2, 0) is 17.9 Å². The van der Waals surface area contributed by atoms with Crippen molar-refractivity contribution in [1.29, 1.82) is 0 Å². The Morgan fingerprint density at radius 2 is 1.72 bits per heavy atom. The van der Waals surface area contributed by atoms with Gasteiger partial charge in [-0.25, -0.2) is 0 Å². The third kappa shape index (κ3) is 5.62. The number of amides is 2. The highest BCUT2D eigenvalue weighted by Gasteiger charge is 2.44. The van der Waals surface area contributed by atoms with Crippen LogP contribution in [0.5, 0.6) is 0 Å². The van der Waals surface area contributed by atoms with E-state index < -0.39 is 12.0 Å². The van der Waals surface area contributed by atoms with Gasteiger partial charge in [0.05, 0.1) is 18.6 Å². The molecule has 0 spiro atoms. The molecule has 2 amide bonds. The summed E-state index contributed by atoms with van der Waals surface area (Å²) < 4.78 is 0. The van der Waals surface area contributed by atoms with E-state index >= 15 is 0 Å². The maximum Gasteiger partial charge on any atom is 0.255 e. The zero-order valence-electron chi connectivity index (χ0n) is 20.7. The van der Waals surface area contributed by atoms with Gasteiger partial charge < -0.3 is 20.2 Å². The number of carbonyl (C=O) groups excluding carboxylic acids is 2. The number of hydrogen-bond acceptors (Lipinski definition) is 4. The lowest BCUT2D eigenvalue weighted by atomic mass is 9.78. The van der Waals surface area contributed by atoms with Crippen molar-refractivity contribution < 1.29 is 14.7 Å². The molecule has 2 N–H and O–H groups in total. The number of fused-ring (bicyclic) bond motifs is 1. The van der Waals surface area contributed by atoms with Crippen molar-refractivity contribution in [2.75, 3.05) is 27.2 Å². The normalized spacial score (nSPS) is 17.2. The Morgan fingerprint density at radius 1 is 1.03 bits per heavy atom. The molecule has 2 atom stereocenters. The second-order valence-electron chi connectivity index (χ2n) is 9.38. The number of rotatable bonds is 9. The average Bonchev–Trinajstić information content (AvgIpc) is 2.89. The Morgan fingerprint density at radius 3 is 2.42 bits per heavy atom. The molecule has 0 saturated heterocycles. The van der Waals surface area contributed by atoms with E-state index in [1.54, 1.807) is 17.0 Å². The van der Waals surface area contributed by atoms with E-state index in [1.807, 2.05) is 74.8 Å². The molecular weight excluding hydrogens is 474 g/mol. The summed E-state index contributed by atoms with van der Waals surface area (Å²) in [4.78, 5) is 31.4. The topological polar surface area (TPSA) is 72.9 Å². The minimum atomic E-state index is -0.597. The molecular formula is C29H32ClN3O3. The molecule has 1 aliphatic heterocycles. The average molecular weight is 506 g/mol. The van der Waals surface area contributed by atoms with Gasteiger partial charge in [0.2, 0.25) is 5.91 Å². The predicted octanol–water partition coefficient (Wildman–Crippen LogP) is 4.38. The number of carbonyl (C=O) groups is 2. The van der Waals surface area contributed by atoms with E-state index in [4.69, 9.17) is 11.6 Å². The van der Waals surface area contributed by atoms with Crippen LogP contribution >= 0.6 is 11.6 Å². The summed E-state index contributed by atoms with van der Waals surface area (Å²) in [5, 5.41) is 13.2. The summed E-state index contributed by atoms with van der Waals surface area (Å²) >= 11 is 6.48. The smallest absolute Gasteiger partial charge is 0.255 e.